The van der Waals surface area contributed by atoms with Crippen molar-refractivity contribution in [2.75, 3.05) is 0 Å². The van der Waals surface area contributed by atoms with Crippen LogP contribution < -0.4 is 9.47 Å². The first kappa shape index (κ1) is 17.8. The highest BCUT2D eigenvalue weighted by Crippen LogP contribution is 2.18. The molecule has 0 saturated heterocycles. The van der Waals surface area contributed by atoms with Crippen molar-refractivity contribution in [2.24, 2.45) is 0 Å². The molecule has 0 aromatic heterocycles. The number of halogens is 4. The second-order valence-electron chi connectivity index (χ2n) is 4.93. The Balaban J connectivity index is 1.88. The molecule has 0 bridgehead atoms. The maximum atomic E-state index is 12.2. The van der Waals surface area contributed by atoms with Crippen LogP contribution in [-0.2, 0) is 12.8 Å². The van der Waals surface area contributed by atoms with Gasteiger partial charge in [0.05, 0.1) is 0 Å². The summed E-state index contributed by atoms with van der Waals surface area (Å²) in [5.74, 6) is 0.291. The van der Waals surface area contributed by atoms with E-state index in [0.717, 1.165) is 0 Å². The Morgan fingerprint density at radius 3 is 1.33 bits per heavy atom. The lowest BCUT2D eigenvalue weighted by molar-refractivity contribution is 0.147. The first-order valence-electron chi connectivity index (χ1n) is 7.06. The van der Waals surface area contributed by atoms with Crippen molar-refractivity contribution < 1.29 is 31.8 Å². The van der Waals surface area contributed by atoms with E-state index in [-0.39, 0.29) is 24.3 Å². The lowest BCUT2D eigenvalue weighted by Crippen LogP contribution is -2.13. The first-order valence-corrected chi connectivity index (χ1v) is 7.06. The van der Waals surface area contributed by atoms with Crippen molar-refractivity contribution in [2.45, 2.75) is 25.7 Å². The van der Waals surface area contributed by atoms with Crippen molar-refractivity contribution in [3.8, 4) is 11.5 Å². The quantitative estimate of drug-likeness (QED) is 0.426. The van der Waals surface area contributed by atoms with Gasteiger partial charge in [0.1, 0.15) is 11.5 Å². The van der Waals surface area contributed by atoms with Crippen LogP contribution in [0, 0.1) is 0 Å². The van der Waals surface area contributed by atoms with Gasteiger partial charge in [0.2, 0.25) is 12.9 Å². The van der Waals surface area contributed by atoms with E-state index in [1.54, 1.807) is 0 Å². The fraction of sp³-hybridized carbons (Fsp3) is 0.235. The monoisotopic (exact) mass is 342 g/mol. The maximum absolute atomic E-state index is 12.2. The molecule has 0 aliphatic heterocycles. The predicted molar refractivity (Wildman–Crippen MR) is 79.0 cm³/mol. The number of benzene rings is 2. The highest BCUT2D eigenvalue weighted by Gasteiger charge is 2.10. The van der Waals surface area contributed by atoms with Crippen LogP contribution in [0.5, 0.6) is 11.5 Å². The summed E-state index contributed by atoms with van der Waals surface area (Å²) < 4.78 is 58.7. The molecular weight excluding hydrogens is 328 g/mol. The predicted octanol–water partition coefficient (Wildman–Crippen LogP) is 4.88. The number of carbonyl (C=O) groups excluding carboxylic acids is 1. The fourth-order valence-electron chi connectivity index (χ4n) is 1.96. The number of rotatable bonds is 6. The van der Waals surface area contributed by atoms with Gasteiger partial charge in [-0.2, -0.15) is 0 Å². The Morgan fingerprint density at radius 1 is 0.708 bits per heavy atom. The van der Waals surface area contributed by atoms with Gasteiger partial charge in [-0.3, -0.25) is 0 Å². The third kappa shape index (κ3) is 5.91. The molecule has 0 fully saturated rings. The van der Waals surface area contributed by atoms with E-state index in [0.29, 0.717) is 11.1 Å². The molecule has 0 unspecified atom stereocenters. The van der Waals surface area contributed by atoms with Gasteiger partial charge in [0.25, 0.3) is 0 Å². The molecule has 0 atom stereocenters. The largest absolute Gasteiger partial charge is 0.519 e. The molecule has 128 valence electrons. The van der Waals surface area contributed by atoms with Crippen molar-refractivity contribution in [1.82, 2.24) is 0 Å². The van der Waals surface area contributed by atoms with Crippen LogP contribution in [0.25, 0.3) is 0 Å². The number of hydrogen-bond acceptors (Lipinski definition) is 3. The molecule has 7 heteroatoms. The molecular formula is C17H14F4O3. The Morgan fingerprint density at radius 2 is 1.04 bits per heavy atom. The number of carbonyl (C=O) groups is 1. The average Bonchev–Trinajstić information content (AvgIpc) is 2.50. The molecule has 24 heavy (non-hydrogen) atoms. The third-order valence-electron chi connectivity index (χ3n) is 3.03. The summed E-state index contributed by atoms with van der Waals surface area (Å²) in [5, 5.41) is 0. The summed E-state index contributed by atoms with van der Waals surface area (Å²) in [4.78, 5) is 11.6. The van der Waals surface area contributed by atoms with Gasteiger partial charge in [0, 0.05) is 12.8 Å². The summed E-state index contributed by atoms with van der Waals surface area (Å²) >= 11 is 0. The summed E-state index contributed by atoms with van der Waals surface area (Å²) in [5.41, 5.74) is 0.834. The van der Waals surface area contributed by atoms with Crippen LogP contribution in [-0.4, -0.2) is 19.0 Å². The zero-order valence-corrected chi connectivity index (χ0v) is 12.4. The van der Waals surface area contributed by atoms with E-state index in [1.165, 1.54) is 48.5 Å². The lowest BCUT2D eigenvalue weighted by Gasteiger charge is -2.07. The van der Waals surface area contributed by atoms with Crippen molar-refractivity contribution in [3.63, 3.8) is 0 Å². The van der Waals surface area contributed by atoms with Gasteiger partial charge in [-0.25, -0.2) is 22.4 Å². The molecule has 2 aromatic rings. The Kier molecular flexibility index (Phi) is 6.17. The zero-order valence-electron chi connectivity index (χ0n) is 12.4. The molecule has 0 amide bonds. The Hall–Kier alpha value is -2.57. The zero-order chi connectivity index (χ0) is 17.5. The smallest absolute Gasteiger partial charge is 0.395 e. The number of hydrogen-bond donors (Lipinski definition) is 0. The third-order valence-corrected chi connectivity index (χ3v) is 3.03. The Bertz CT molecular complexity index is 597. The molecule has 2 rings (SSSR count). The average molecular weight is 342 g/mol. The summed E-state index contributed by atoms with van der Waals surface area (Å²) in [6.45, 7) is 0. The highest BCUT2D eigenvalue weighted by molar-refractivity contribution is 5.67. The van der Waals surface area contributed by atoms with E-state index >= 15 is 0 Å². The minimum atomic E-state index is -2.45. The first-order chi connectivity index (χ1) is 11.4. The second kappa shape index (κ2) is 8.33. The number of alkyl halides is 4. The van der Waals surface area contributed by atoms with Gasteiger partial charge in [-0.1, -0.05) is 24.3 Å². The van der Waals surface area contributed by atoms with Crippen LogP contribution >= 0.6 is 0 Å². The Labute approximate surface area is 135 Å². The normalized spacial score (nSPS) is 10.9. The molecule has 2 aromatic carbocycles. The van der Waals surface area contributed by atoms with Gasteiger partial charge >= 0.3 is 6.16 Å². The lowest BCUT2D eigenvalue weighted by atomic mass is 10.1. The minimum Gasteiger partial charge on any atom is -0.395 e. The summed E-state index contributed by atoms with van der Waals surface area (Å²) in [6.07, 6.45) is -6.67. The van der Waals surface area contributed by atoms with Crippen LogP contribution in [0.15, 0.2) is 48.5 Å². The van der Waals surface area contributed by atoms with Crippen LogP contribution in [0.4, 0.5) is 22.4 Å². The molecule has 0 aliphatic rings. The van der Waals surface area contributed by atoms with Crippen LogP contribution in [0.1, 0.15) is 11.1 Å². The molecule has 0 saturated carbocycles. The highest BCUT2D eigenvalue weighted by atomic mass is 19.3. The maximum Gasteiger partial charge on any atom is 0.519 e. The molecule has 0 spiro atoms. The van der Waals surface area contributed by atoms with Gasteiger partial charge in [-0.15, -0.1) is 0 Å². The van der Waals surface area contributed by atoms with Crippen molar-refractivity contribution in [1.29, 1.82) is 0 Å². The van der Waals surface area contributed by atoms with Crippen molar-refractivity contribution >= 4 is 6.16 Å². The van der Waals surface area contributed by atoms with Gasteiger partial charge in [-0.05, 0) is 35.4 Å². The van der Waals surface area contributed by atoms with Crippen LogP contribution in [0.2, 0.25) is 0 Å². The standard InChI is InChI=1S/C17H14F4O3/c18-15(19)9-11-1-5-13(6-2-11)23-17(22)24-14-7-3-12(4-8-14)10-16(20)21/h1-8,15-16H,9-10H2. The topological polar surface area (TPSA) is 35.5 Å². The second-order valence-corrected chi connectivity index (χ2v) is 4.93. The molecule has 0 radical (unpaired) electrons. The molecule has 0 N–H and O–H groups in total. The van der Waals surface area contributed by atoms with E-state index in [1.807, 2.05) is 0 Å². The van der Waals surface area contributed by atoms with E-state index in [4.69, 9.17) is 9.47 Å². The number of ether oxygens (including phenoxy) is 2. The van der Waals surface area contributed by atoms with Gasteiger partial charge in [0.15, 0.2) is 0 Å². The van der Waals surface area contributed by atoms with E-state index < -0.39 is 19.0 Å². The molecule has 0 heterocycles. The van der Waals surface area contributed by atoms with E-state index in [9.17, 15) is 22.4 Å². The van der Waals surface area contributed by atoms with Crippen LogP contribution in [0.3, 0.4) is 0 Å². The summed E-state index contributed by atoms with van der Waals surface area (Å²) in [7, 11) is 0. The fourth-order valence-corrected chi connectivity index (χ4v) is 1.96. The van der Waals surface area contributed by atoms with E-state index in [2.05, 4.69) is 0 Å². The molecule has 3 nitrogen and oxygen atoms in total. The van der Waals surface area contributed by atoms with Crippen molar-refractivity contribution in [3.05, 3.63) is 59.7 Å². The SMILES string of the molecule is O=C(Oc1ccc(CC(F)F)cc1)Oc1ccc(CC(F)F)cc1. The molecule has 0 aliphatic carbocycles. The van der Waals surface area contributed by atoms with Gasteiger partial charge < -0.3 is 9.47 Å². The summed E-state index contributed by atoms with van der Waals surface area (Å²) in [6, 6.07) is 11.2. The minimum absolute atomic E-state index is 0.146.